The first kappa shape index (κ1) is 14.5. The predicted molar refractivity (Wildman–Crippen MR) is 70.7 cm³/mol. The molecule has 0 radical (unpaired) electrons. The molecule has 1 fully saturated rings. The maximum atomic E-state index is 12.0. The highest BCUT2D eigenvalue weighted by Crippen LogP contribution is 2.31. The van der Waals surface area contributed by atoms with Gasteiger partial charge in [-0.25, -0.2) is 0 Å². The van der Waals surface area contributed by atoms with Crippen molar-refractivity contribution in [3.63, 3.8) is 0 Å². The second-order valence-corrected chi connectivity index (χ2v) is 6.82. The van der Waals surface area contributed by atoms with Crippen LogP contribution >= 0.6 is 0 Å². The Morgan fingerprint density at radius 3 is 2.29 bits per heavy atom. The van der Waals surface area contributed by atoms with Gasteiger partial charge in [0.15, 0.2) is 0 Å². The SMILES string of the molecule is C[C@@H]1CCCC[C@@H](C)C(=O)O[C@@H](C(C)(C)C)C1. The maximum absolute atomic E-state index is 12.0. The van der Waals surface area contributed by atoms with Crippen LogP contribution in [0.25, 0.3) is 0 Å². The molecule has 0 aromatic heterocycles. The molecule has 0 amide bonds. The van der Waals surface area contributed by atoms with Crippen LogP contribution in [-0.4, -0.2) is 12.1 Å². The topological polar surface area (TPSA) is 26.3 Å². The lowest BCUT2D eigenvalue weighted by molar-refractivity contribution is -0.161. The van der Waals surface area contributed by atoms with Crippen LogP contribution in [0.5, 0.6) is 0 Å². The largest absolute Gasteiger partial charge is 0.462 e. The average molecular weight is 240 g/mol. The van der Waals surface area contributed by atoms with E-state index >= 15 is 0 Å². The van der Waals surface area contributed by atoms with Gasteiger partial charge in [0, 0.05) is 0 Å². The lowest BCUT2D eigenvalue weighted by Crippen LogP contribution is -2.35. The van der Waals surface area contributed by atoms with Crippen molar-refractivity contribution >= 4 is 5.97 Å². The van der Waals surface area contributed by atoms with Crippen molar-refractivity contribution in [1.29, 1.82) is 0 Å². The Hall–Kier alpha value is -0.530. The van der Waals surface area contributed by atoms with Crippen molar-refractivity contribution in [2.75, 3.05) is 0 Å². The average Bonchev–Trinajstić information content (AvgIpc) is 2.20. The van der Waals surface area contributed by atoms with E-state index in [1.54, 1.807) is 0 Å². The molecule has 0 bridgehead atoms. The molecule has 0 spiro atoms. The van der Waals surface area contributed by atoms with Crippen molar-refractivity contribution < 1.29 is 9.53 Å². The highest BCUT2D eigenvalue weighted by Gasteiger charge is 2.31. The molecule has 1 aliphatic rings. The van der Waals surface area contributed by atoms with E-state index in [9.17, 15) is 4.79 Å². The molecule has 1 saturated heterocycles. The molecule has 0 unspecified atom stereocenters. The third kappa shape index (κ3) is 4.69. The zero-order valence-electron chi connectivity index (χ0n) is 12.1. The summed E-state index contributed by atoms with van der Waals surface area (Å²) in [5.74, 6) is 0.715. The third-order valence-corrected chi connectivity index (χ3v) is 3.83. The number of carbonyl (C=O) groups is 1. The summed E-state index contributed by atoms with van der Waals surface area (Å²) in [4.78, 5) is 12.0. The van der Waals surface area contributed by atoms with E-state index < -0.39 is 0 Å². The van der Waals surface area contributed by atoms with Gasteiger partial charge in [-0.1, -0.05) is 53.9 Å². The first-order chi connectivity index (χ1) is 7.80. The number of hydrogen-bond donors (Lipinski definition) is 0. The molecule has 0 N–H and O–H groups in total. The maximum Gasteiger partial charge on any atom is 0.308 e. The van der Waals surface area contributed by atoms with E-state index in [4.69, 9.17) is 4.74 Å². The number of hydrogen-bond acceptors (Lipinski definition) is 2. The molecule has 100 valence electrons. The summed E-state index contributed by atoms with van der Waals surface area (Å²) >= 11 is 0. The van der Waals surface area contributed by atoms with Gasteiger partial charge in [0.25, 0.3) is 0 Å². The fourth-order valence-corrected chi connectivity index (χ4v) is 2.38. The van der Waals surface area contributed by atoms with Crippen LogP contribution < -0.4 is 0 Å². The van der Waals surface area contributed by atoms with Crippen molar-refractivity contribution in [2.45, 2.75) is 72.8 Å². The summed E-state index contributed by atoms with van der Waals surface area (Å²) < 4.78 is 5.74. The van der Waals surface area contributed by atoms with Gasteiger partial charge in [0.2, 0.25) is 0 Å². The van der Waals surface area contributed by atoms with Crippen LogP contribution in [0.2, 0.25) is 0 Å². The predicted octanol–water partition coefficient (Wildman–Crippen LogP) is 4.18. The van der Waals surface area contributed by atoms with Crippen molar-refractivity contribution in [1.82, 2.24) is 0 Å². The first-order valence-corrected chi connectivity index (χ1v) is 7.01. The molecule has 0 aliphatic carbocycles. The molecule has 2 nitrogen and oxygen atoms in total. The van der Waals surface area contributed by atoms with Gasteiger partial charge >= 0.3 is 5.97 Å². The zero-order valence-corrected chi connectivity index (χ0v) is 12.1. The first-order valence-electron chi connectivity index (χ1n) is 7.01. The van der Waals surface area contributed by atoms with Gasteiger partial charge < -0.3 is 4.74 Å². The fourth-order valence-electron chi connectivity index (χ4n) is 2.38. The standard InChI is InChI=1S/C15H28O2/c1-11-8-6-7-9-12(2)14(16)17-13(10-11)15(3,4)5/h11-13H,6-10H2,1-5H3/t11-,12-,13-/m1/s1. The molecule has 17 heavy (non-hydrogen) atoms. The van der Waals surface area contributed by atoms with E-state index in [1.807, 2.05) is 6.92 Å². The minimum absolute atomic E-state index is 0.000903. The Labute approximate surface area is 106 Å². The van der Waals surface area contributed by atoms with Crippen LogP contribution in [-0.2, 0) is 9.53 Å². The van der Waals surface area contributed by atoms with Gasteiger partial charge in [0.1, 0.15) is 6.10 Å². The molecule has 1 rings (SSSR count). The second-order valence-electron chi connectivity index (χ2n) is 6.82. The number of ether oxygens (including phenoxy) is 1. The number of cyclic esters (lactones) is 1. The van der Waals surface area contributed by atoms with Gasteiger partial charge in [-0.05, 0) is 24.2 Å². The lowest BCUT2D eigenvalue weighted by Gasteiger charge is -2.34. The lowest BCUT2D eigenvalue weighted by atomic mass is 9.82. The summed E-state index contributed by atoms with van der Waals surface area (Å²) in [7, 11) is 0. The summed E-state index contributed by atoms with van der Waals surface area (Å²) in [6.07, 6.45) is 5.70. The van der Waals surface area contributed by atoms with Crippen LogP contribution in [0.3, 0.4) is 0 Å². The normalized spacial score (nSPS) is 33.0. The molecular weight excluding hydrogens is 212 g/mol. The Bertz CT molecular complexity index is 252. The Balaban J connectivity index is 2.74. The van der Waals surface area contributed by atoms with Crippen molar-refractivity contribution in [3.8, 4) is 0 Å². The van der Waals surface area contributed by atoms with Gasteiger partial charge in [-0.3, -0.25) is 4.79 Å². The van der Waals surface area contributed by atoms with Crippen LogP contribution in [0, 0.1) is 17.3 Å². The molecule has 3 atom stereocenters. The number of rotatable bonds is 0. The molecule has 2 heteroatoms. The highest BCUT2D eigenvalue weighted by atomic mass is 16.5. The summed E-state index contributed by atoms with van der Waals surface area (Å²) in [5, 5.41) is 0. The Morgan fingerprint density at radius 1 is 1.12 bits per heavy atom. The van der Waals surface area contributed by atoms with E-state index in [1.165, 1.54) is 12.8 Å². The van der Waals surface area contributed by atoms with E-state index in [2.05, 4.69) is 27.7 Å². The Kier molecular flexibility index (Phi) is 5.03. The smallest absolute Gasteiger partial charge is 0.308 e. The minimum atomic E-state index is -0.000903. The minimum Gasteiger partial charge on any atom is -0.462 e. The van der Waals surface area contributed by atoms with E-state index in [0.29, 0.717) is 5.92 Å². The molecule has 1 aliphatic heterocycles. The quantitative estimate of drug-likeness (QED) is 0.594. The van der Waals surface area contributed by atoms with Gasteiger partial charge in [0.05, 0.1) is 5.92 Å². The second kappa shape index (κ2) is 5.88. The fraction of sp³-hybridized carbons (Fsp3) is 0.933. The number of carbonyl (C=O) groups excluding carboxylic acids is 1. The molecule has 0 saturated carbocycles. The monoisotopic (exact) mass is 240 g/mol. The van der Waals surface area contributed by atoms with Crippen molar-refractivity contribution in [2.24, 2.45) is 17.3 Å². The van der Waals surface area contributed by atoms with Crippen LogP contribution in [0.15, 0.2) is 0 Å². The summed E-state index contributed by atoms with van der Waals surface area (Å²) in [6, 6.07) is 0. The van der Waals surface area contributed by atoms with E-state index in [0.717, 1.165) is 19.3 Å². The molecule has 1 heterocycles. The van der Waals surface area contributed by atoms with Crippen LogP contribution in [0.4, 0.5) is 0 Å². The van der Waals surface area contributed by atoms with Gasteiger partial charge in [-0.15, -0.1) is 0 Å². The third-order valence-electron chi connectivity index (χ3n) is 3.83. The summed E-state index contributed by atoms with van der Waals surface area (Å²) in [6.45, 7) is 10.8. The highest BCUT2D eigenvalue weighted by molar-refractivity contribution is 5.72. The Morgan fingerprint density at radius 2 is 1.71 bits per heavy atom. The number of esters is 1. The van der Waals surface area contributed by atoms with E-state index in [-0.39, 0.29) is 23.4 Å². The van der Waals surface area contributed by atoms with Gasteiger partial charge in [-0.2, -0.15) is 0 Å². The molecule has 0 aromatic carbocycles. The zero-order chi connectivity index (χ0) is 13.1. The molecule has 0 aromatic rings. The van der Waals surface area contributed by atoms with Crippen LogP contribution in [0.1, 0.15) is 66.7 Å². The molecular formula is C15H28O2. The summed E-state index contributed by atoms with van der Waals surface area (Å²) in [5.41, 5.74) is 0.0445. The van der Waals surface area contributed by atoms with Crippen molar-refractivity contribution in [3.05, 3.63) is 0 Å².